The Kier molecular flexibility index (Phi) is 3.77. The van der Waals surface area contributed by atoms with Gasteiger partial charge in [-0.15, -0.1) is 11.3 Å². The van der Waals surface area contributed by atoms with Gasteiger partial charge in [-0.1, -0.05) is 5.16 Å². The average Bonchev–Trinajstić information content (AvgIpc) is 3.24. The number of aromatic nitrogens is 3. The topological polar surface area (TPSA) is 87.4 Å². The van der Waals surface area contributed by atoms with Crippen LogP contribution in [0.2, 0.25) is 0 Å². The molecule has 8 nitrogen and oxygen atoms in total. The largest absolute Gasteiger partial charge is 0.362 e. The molecule has 9 heteroatoms. The highest BCUT2D eigenvalue weighted by Gasteiger charge is 2.24. The first-order valence-corrected chi connectivity index (χ1v) is 8.50. The summed E-state index contributed by atoms with van der Waals surface area (Å²) in [6, 6.07) is 1.86. The lowest BCUT2D eigenvalue weighted by molar-refractivity contribution is 0.208. The van der Waals surface area contributed by atoms with E-state index in [-0.39, 0.29) is 6.03 Å². The summed E-state index contributed by atoms with van der Waals surface area (Å²) in [5.41, 5.74) is 2.25. The molecule has 0 atom stereocenters. The summed E-state index contributed by atoms with van der Waals surface area (Å²) in [4.78, 5) is 25.0. The minimum atomic E-state index is -0.134. The number of fused-ring (bicyclic) bond motifs is 1. The van der Waals surface area contributed by atoms with Crippen molar-refractivity contribution >= 4 is 39.1 Å². The summed E-state index contributed by atoms with van der Waals surface area (Å²) in [7, 11) is 0. The molecule has 3 aromatic rings. The second-order valence-electron chi connectivity index (χ2n) is 5.55. The molecule has 1 N–H and O–H groups in total. The monoisotopic (exact) mass is 344 g/mol. The second kappa shape index (κ2) is 6.08. The quantitative estimate of drug-likeness (QED) is 0.768. The molecule has 4 heterocycles. The molecule has 0 spiro atoms. The number of rotatable bonds is 2. The fourth-order valence-corrected chi connectivity index (χ4v) is 3.59. The molecule has 2 amide bonds. The molecule has 1 aliphatic heterocycles. The number of aryl methyl sites for hydroxylation is 1. The minimum absolute atomic E-state index is 0.134. The Labute approximate surface area is 142 Å². The van der Waals surface area contributed by atoms with Crippen molar-refractivity contribution in [2.24, 2.45) is 0 Å². The molecule has 1 fully saturated rings. The molecular weight excluding hydrogens is 328 g/mol. The van der Waals surface area contributed by atoms with Crippen LogP contribution in [-0.2, 0) is 0 Å². The lowest BCUT2D eigenvalue weighted by atomic mass is 10.3. The van der Waals surface area contributed by atoms with Crippen LogP contribution in [0.25, 0.3) is 10.2 Å². The lowest BCUT2D eigenvalue weighted by Gasteiger charge is -2.35. The number of urea groups is 1. The van der Waals surface area contributed by atoms with Gasteiger partial charge in [-0.05, 0) is 18.4 Å². The van der Waals surface area contributed by atoms with Crippen molar-refractivity contribution in [3.8, 4) is 0 Å². The number of thiophene rings is 1. The molecule has 3 aromatic heterocycles. The summed E-state index contributed by atoms with van der Waals surface area (Å²) in [5.74, 6) is 0.949. The zero-order valence-electron chi connectivity index (χ0n) is 13.1. The normalized spacial score (nSPS) is 15.0. The number of carbonyl (C=O) groups is 1. The van der Waals surface area contributed by atoms with Crippen molar-refractivity contribution in [3.05, 3.63) is 29.7 Å². The molecule has 0 bridgehead atoms. The maximum absolute atomic E-state index is 12.3. The third kappa shape index (κ3) is 2.67. The van der Waals surface area contributed by atoms with E-state index < -0.39 is 0 Å². The SMILES string of the molecule is Cc1nocc1NC(=O)N1CCN(c2ncnc3ccsc23)CC1. The van der Waals surface area contributed by atoms with Crippen molar-refractivity contribution in [3.63, 3.8) is 0 Å². The molecule has 0 unspecified atom stereocenters. The van der Waals surface area contributed by atoms with Crippen LogP contribution >= 0.6 is 11.3 Å². The van der Waals surface area contributed by atoms with Gasteiger partial charge in [0.1, 0.15) is 29.8 Å². The number of nitrogens with one attached hydrogen (secondary N) is 1. The van der Waals surface area contributed by atoms with E-state index in [4.69, 9.17) is 4.52 Å². The molecule has 0 radical (unpaired) electrons. The molecule has 24 heavy (non-hydrogen) atoms. The van der Waals surface area contributed by atoms with Gasteiger partial charge in [0, 0.05) is 26.2 Å². The number of hydrogen-bond donors (Lipinski definition) is 1. The van der Waals surface area contributed by atoms with Crippen LogP contribution < -0.4 is 10.2 Å². The zero-order valence-corrected chi connectivity index (χ0v) is 13.9. The lowest BCUT2D eigenvalue weighted by Crippen LogP contribution is -2.50. The average molecular weight is 344 g/mol. The van der Waals surface area contributed by atoms with Gasteiger partial charge in [-0.3, -0.25) is 0 Å². The van der Waals surface area contributed by atoms with E-state index in [1.807, 2.05) is 11.4 Å². The van der Waals surface area contributed by atoms with E-state index in [0.29, 0.717) is 24.5 Å². The Morgan fingerprint density at radius 2 is 2.12 bits per heavy atom. The number of amides is 2. The molecule has 124 valence electrons. The van der Waals surface area contributed by atoms with Crippen molar-refractivity contribution in [1.29, 1.82) is 0 Å². The van der Waals surface area contributed by atoms with Crippen LogP contribution in [0.5, 0.6) is 0 Å². The molecule has 1 aliphatic rings. The molecule has 1 saturated heterocycles. The van der Waals surface area contributed by atoms with E-state index in [1.54, 1.807) is 29.5 Å². The van der Waals surface area contributed by atoms with E-state index in [0.717, 1.165) is 29.1 Å². The van der Waals surface area contributed by atoms with Gasteiger partial charge in [-0.2, -0.15) is 0 Å². The first-order valence-electron chi connectivity index (χ1n) is 7.62. The van der Waals surface area contributed by atoms with Crippen LogP contribution in [0, 0.1) is 6.92 Å². The van der Waals surface area contributed by atoms with E-state index >= 15 is 0 Å². The Morgan fingerprint density at radius 3 is 2.88 bits per heavy atom. The van der Waals surface area contributed by atoms with E-state index in [9.17, 15) is 4.79 Å². The van der Waals surface area contributed by atoms with Gasteiger partial charge in [0.2, 0.25) is 0 Å². The van der Waals surface area contributed by atoms with Gasteiger partial charge < -0.3 is 19.6 Å². The van der Waals surface area contributed by atoms with Crippen LogP contribution in [0.1, 0.15) is 5.69 Å². The summed E-state index contributed by atoms with van der Waals surface area (Å²) < 4.78 is 5.93. The summed E-state index contributed by atoms with van der Waals surface area (Å²) in [6.07, 6.45) is 3.04. The predicted molar refractivity (Wildman–Crippen MR) is 91.5 cm³/mol. The third-order valence-electron chi connectivity index (χ3n) is 4.08. The molecule has 4 rings (SSSR count). The smallest absolute Gasteiger partial charge is 0.322 e. The minimum Gasteiger partial charge on any atom is -0.362 e. The maximum atomic E-state index is 12.3. The molecule has 0 aliphatic carbocycles. The van der Waals surface area contributed by atoms with Crippen LogP contribution in [0.15, 0.2) is 28.6 Å². The molecule has 0 saturated carbocycles. The fourth-order valence-electron chi connectivity index (χ4n) is 2.73. The highest BCUT2D eigenvalue weighted by molar-refractivity contribution is 7.17. The van der Waals surface area contributed by atoms with Crippen molar-refractivity contribution < 1.29 is 9.32 Å². The van der Waals surface area contributed by atoms with Crippen LogP contribution in [-0.4, -0.2) is 52.2 Å². The first kappa shape index (κ1) is 14.9. The Hall–Kier alpha value is -2.68. The van der Waals surface area contributed by atoms with Crippen molar-refractivity contribution in [2.45, 2.75) is 6.92 Å². The highest BCUT2D eigenvalue weighted by atomic mass is 32.1. The Morgan fingerprint density at radius 1 is 1.29 bits per heavy atom. The summed E-state index contributed by atoms with van der Waals surface area (Å²) in [5, 5.41) is 8.61. The number of anilines is 2. The van der Waals surface area contributed by atoms with Gasteiger partial charge in [0.05, 0.1) is 10.2 Å². The number of hydrogen-bond acceptors (Lipinski definition) is 7. The highest BCUT2D eigenvalue weighted by Crippen LogP contribution is 2.28. The standard InChI is InChI=1S/C15H16N6O2S/c1-10-12(8-23-19-10)18-15(22)21-5-3-20(4-6-21)14-13-11(2-7-24-13)16-9-17-14/h2,7-9H,3-6H2,1H3,(H,18,22). The molecule has 0 aromatic carbocycles. The van der Waals surface area contributed by atoms with Crippen molar-refractivity contribution in [2.75, 3.05) is 36.4 Å². The van der Waals surface area contributed by atoms with Gasteiger partial charge in [0.25, 0.3) is 0 Å². The fraction of sp³-hybridized carbons (Fsp3) is 0.333. The van der Waals surface area contributed by atoms with Crippen molar-refractivity contribution in [1.82, 2.24) is 20.0 Å². The maximum Gasteiger partial charge on any atom is 0.322 e. The zero-order chi connectivity index (χ0) is 16.5. The number of carbonyl (C=O) groups excluding carboxylic acids is 1. The van der Waals surface area contributed by atoms with E-state index in [1.165, 1.54) is 6.26 Å². The second-order valence-corrected chi connectivity index (χ2v) is 6.47. The third-order valence-corrected chi connectivity index (χ3v) is 4.98. The molecular formula is C15H16N6O2S. The predicted octanol–water partition coefficient (Wildman–Crippen LogP) is 2.34. The van der Waals surface area contributed by atoms with Gasteiger partial charge in [-0.25, -0.2) is 14.8 Å². The Bertz CT molecular complexity index is 868. The number of nitrogens with zero attached hydrogens (tertiary/aromatic N) is 5. The number of piperazine rings is 1. The Balaban J connectivity index is 1.42. The van der Waals surface area contributed by atoms with Gasteiger partial charge >= 0.3 is 6.03 Å². The van der Waals surface area contributed by atoms with E-state index in [2.05, 4.69) is 25.3 Å². The summed E-state index contributed by atoms with van der Waals surface area (Å²) in [6.45, 7) is 4.53. The van der Waals surface area contributed by atoms with Gasteiger partial charge in [0.15, 0.2) is 0 Å². The van der Waals surface area contributed by atoms with Crippen LogP contribution in [0.3, 0.4) is 0 Å². The summed E-state index contributed by atoms with van der Waals surface area (Å²) >= 11 is 1.64. The van der Waals surface area contributed by atoms with Crippen LogP contribution in [0.4, 0.5) is 16.3 Å². The first-order chi connectivity index (χ1) is 11.7.